The summed E-state index contributed by atoms with van der Waals surface area (Å²) in [5, 5.41) is 28.8. The lowest BCUT2D eigenvalue weighted by Crippen LogP contribution is -2.22. The molecule has 0 saturated heterocycles. The molecule has 0 amide bonds. The summed E-state index contributed by atoms with van der Waals surface area (Å²) in [5.74, 6) is -1.97. The predicted octanol–water partition coefficient (Wildman–Crippen LogP) is 5.56. The van der Waals surface area contributed by atoms with Crippen molar-refractivity contribution in [1.82, 2.24) is 0 Å². The Labute approximate surface area is 188 Å². The average Bonchev–Trinajstić information content (AvgIpc) is 2.80. The van der Waals surface area contributed by atoms with Crippen LogP contribution in [0.5, 0.6) is 5.75 Å². The molecule has 2 aromatic carbocycles. The SMILES string of the molecule is CC/C(=C\C=C\C(O)(CC)CC)c1cccc(OCc2ccc(C(=O)O)c(C(=O)O)c2)c1. The van der Waals surface area contributed by atoms with Gasteiger partial charge in [0.15, 0.2) is 0 Å². The molecule has 0 fully saturated rings. The van der Waals surface area contributed by atoms with E-state index in [-0.39, 0.29) is 17.7 Å². The highest BCUT2D eigenvalue weighted by Crippen LogP contribution is 2.24. The molecule has 0 atom stereocenters. The summed E-state index contributed by atoms with van der Waals surface area (Å²) in [6.45, 7) is 6.06. The molecule has 0 aliphatic heterocycles. The lowest BCUT2D eigenvalue weighted by molar-refractivity contribution is 0.0651. The highest BCUT2D eigenvalue weighted by atomic mass is 16.5. The van der Waals surface area contributed by atoms with Crippen molar-refractivity contribution in [3.05, 3.63) is 82.9 Å². The van der Waals surface area contributed by atoms with Gasteiger partial charge in [-0.1, -0.05) is 57.2 Å². The number of hydrogen-bond donors (Lipinski definition) is 3. The van der Waals surface area contributed by atoms with Crippen LogP contribution in [0.2, 0.25) is 0 Å². The third-order valence-electron chi connectivity index (χ3n) is 5.46. The Morgan fingerprint density at radius 2 is 1.66 bits per heavy atom. The zero-order valence-electron chi connectivity index (χ0n) is 18.7. The van der Waals surface area contributed by atoms with E-state index in [1.807, 2.05) is 56.3 Å². The fraction of sp³-hybridized carbons (Fsp3) is 0.308. The number of carbonyl (C=O) groups is 2. The zero-order chi connectivity index (χ0) is 23.7. The molecule has 0 heterocycles. The van der Waals surface area contributed by atoms with Crippen LogP contribution in [0.1, 0.15) is 71.9 Å². The second kappa shape index (κ2) is 11.3. The summed E-state index contributed by atoms with van der Waals surface area (Å²) >= 11 is 0. The lowest BCUT2D eigenvalue weighted by atomic mass is 9.96. The molecule has 32 heavy (non-hydrogen) atoms. The van der Waals surface area contributed by atoms with Gasteiger partial charge in [0.25, 0.3) is 0 Å². The highest BCUT2D eigenvalue weighted by molar-refractivity contribution is 6.01. The van der Waals surface area contributed by atoms with Crippen LogP contribution >= 0.6 is 0 Å². The maximum absolute atomic E-state index is 11.4. The van der Waals surface area contributed by atoms with Crippen LogP contribution in [0.15, 0.2) is 60.7 Å². The van der Waals surface area contributed by atoms with Crippen LogP contribution in [0.3, 0.4) is 0 Å². The van der Waals surface area contributed by atoms with E-state index < -0.39 is 17.5 Å². The quantitative estimate of drug-likeness (QED) is 0.397. The van der Waals surface area contributed by atoms with E-state index in [1.54, 1.807) is 6.07 Å². The van der Waals surface area contributed by atoms with Crippen LogP contribution in [0.4, 0.5) is 0 Å². The smallest absolute Gasteiger partial charge is 0.336 e. The minimum Gasteiger partial charge on any atom is -0.489 e. The van der Waals surface area contributed by atoms with E-state index in [0.29, 0.717) is 24.2 Å². The second-order valence-corrected chi connectivity index (χ2v) is 7.52. The van der Waals surface area contributed by atoms with Crippen LogP contribution in [0.25, 0.3) is 5.57 Å². The van der Waals surface area contributed by atoms with Crippen LogP contribution in [-0.4, -0.2) is 32.9 Å². The first-order chi connectivity index (χ1) is 15.2. The Kier molecular flexibility index (Phi) is 8.79. The molecular weight excluding hydrogens is 408 g/mol. The van der Waals surface area contributed by atoms with Crippen molar-refractivity contribution in [2.75, 3.05) is 0 Å². The van der Waals surface area contributed by atoms with Crippen molar-refractivity contribution in [2.45, 2.75) is 52.2 Å². The van der Waals surface area contributed by atoms with Crippen molar-refractivity contribution in [3.8, 4) is 5.75 Å². The number of aliphatic hydroxyl groups is 1. The number of carboxylic acid groups (broad SMARTS) is 2. The van der Waals surface area contributed by atoms with E-state index in [2.05, 4.69) is 6.92 Å². The molecule has 2 aromatic rings. The maximum atomic E-state index is 11.4. The summed E-state index contributed by atoms with van der Waals surface area (Å²) in [7, 11) is 0. The first kappa shape index (κ1) is 24.9. The number of benzene rings is 2. The summed E-state index contributed by atoms with van der Waals surface area (Å²) in [5.41, 5.74) is 1.30. The molecule has 0 radical (unpaired) electrons. The molecular formula is C26H30O6. The number of allylic oxidation sites excluding steroid dienone is 3. The molecule has 6 heteroatoms. The van der Waals surface area contributed by atoms with Crippen LogP contribution in [-0.2, 0) is 6.61 Å². The third kappa shape index (κ3) is 6.56. The molecule has 0 aromatic heterocycles. The van der Waals surface area contributed by atoms with Gasteiger partial charge in [-0.3, -0.25) is 0 Å². The molecule has 2 rings (SSSR count). The van der Waals surface area contributed by atoms with E-state index in [4.69, 9.17) is 9.84 Å². The fourth-order valence-corrected chi connectivity index (χ4v) is 3.24. The first-order valence-electron chi connectivity index (χ1n) is 10.7. The Balaban J connectivity index is 2.18. The molecule has 0 aliphatic carbocycles. The summed E-state index contributed by atoms with van der Waals surface area (Å²) in [6, 6.07) is 11.7. The topological polar surface area (TPSA) is 104 Å². The minimum absolute atomic E-state index is 0.106. The average molecular weight is 439 g/mol. The van der Waals surface area contributed by atoms with Gasteiger partial charge >= 0.3 is 11.9 Å². The largest absolute Gasteiger partial charge is 0.489 e. The number of carboxylic acids is 2. The van der Waals surface area contributed by atoms with Crippen molar-refractivity contribution >= 4 is 17.5 Å². The molecule has 0 spiro atoms. The number of ether oxygens (including phenoxy) is 1. The Bertz CT molecular complexity index is 1010. The lowest BCUT2D eigenvalue weighted by Gasteiger charge is -2.20. The van der Waals surface area contributed by atoms with Gasteiger partial charge in [-0.05, 0) is 60.2 Å². The Morgan fingerprint density at radius 1 is 0.969 bits per heavy atom. The van der Waals surface area contributed by atoms with Crippen molar-refractivity contribution in [2.24, 2.45) is 0 Å². The summed E-state index contributed by atoms with van der Waals surface area (Å²) in [4.78, 5) is 22.6. The van der Waals surface area contributed by atoms with Gasteiger partial charge in [0.05, 0.1) is 16.7 Å². The minimum atomic E-state index is -1.30. The molecule has 0 bridgehead atoms. The highest BCUT2D eigenvalue weighted by Gasteiger charge is 2.17. The molecule has 3 N–H and O–H groups in total. The van der Waals surface area contributed by atoms with Gasteiger partial charge in [0, 0.05) is 0 Å². The van der Waals surface area contributed by atoms with Gasteiger partial charge in [0.1, 0.15) is 12.4 Å². The van der Waals surface area contributed by atoms with E-state index in [9.17, 15) is 19.8 Å². The van der Waals surface area contributed by atoms with E-state index in [0.717, 1.165) is 17.6 Å². The number of hydrogen-bond acceptors (Lipinski definition) is 4. The molecule has 0 unspecified atom stereocenters. The molecule has 0 aliphatic rings. The third-order valence-corrected chi connectivity index (χ3v) is 5.46. The van der Waals surface area contributed by atoms with E-state index >= 15 is 0 Å². The van der Waals surface area contributed by atoms with Gasteiger partial charge in [-0.2, -0.15) is 0 Å². The second-order valence-electron chi connectivity index (χ2n) is 7.52. The van der Waals surface area contributed by atoms with Gasteiger partial charge in [0.2, 0.25) is 0 Å². The number of rotatable bonds is 11. The predicted molar refractivity (Wildman–Crippen MR) is 124 cm³/mol. The molecule has 6 nitrogen and oxygen atoms in total. The van der Waals surface area contributed by atoms with Crippen molar-refractivity contribution in [1.29, 1.82) is 0 Å². The maximum Gasteiger partial charge on any atom is 0.336 e. The zero-order valence-corrected chi connectivity index (χ0v) is 18.7. The van der Waals surface area contributed by atoms with Crippen molar-refractivity contribution in [3.63, 3.8) is 0 Å². The first-order valence-corrected chi connectivity index (χ1v) is 10.7. The van der Waals surface area contributed by atoms with Gasteiger partial charge < -0.3 is 20.1 Å². The van der Waals surface area contributed by atoms with E-state index in [1.165, 1.54) is 12.1 Å². The van der Waals surface area contributed by atoms with Gasteiger partial charge in [-0.15, -0.1) is 0 Å². The Morgan fingerprint density at radius 3 is 2.25 bits per heavy atom. The molecule has 170 valence electrons. The van der Waals surface area contributed by atoms with Crippen LogP contribution in [0, 0.1) is 0 Å². The normalized spacial score (nSPS) is 12.2. The Hall–Kier alpha value is -3.38. The summed E-state index contributed by atoms with van der Waals surface area (Å²) < 4.78 is 5.83. The van der Waals surface area contributed by atoms with Crippen molar-refractivity contribution < 1.29 is 29.6 Å². The standard InChI is InChI=1S/C26H30O6/c1-4-19(10-8-14-26(31,5-2)6-3)20-9-7-11-21(16-20)32-17-18-12-13-22(24(27)28)23(15-18)25(29)30/h7-16,31H,4-6,17H2,1-3H3,(H,27,28)(H,29,30)/b14-8+,19-10+. The van der Waals surface area contributed by atoms with Gasteiger partial charge in [-0.25, -0.2) is 9.59 Å². The monoisotopic (exact) mass is 438 g/mol. The fourth-order valence-electron chi connectivity index (χ4n) is 3.24. The van der Waals surface area contributed by atoms with Crippen LogP contribution < -0.4 is 4.74 Å². The summed E-state index contributed by atoms with van der Waals surface area (Å²) in [6.07, 6.45) is 7.79. The molecule has 0 saturated carbocycles. The number of aromatic carboxylic acids is 2.